The maximum atomic E-state index is 14.3. The van der Waals surface area contributed by atoms with Crippen LogP contribution in [0.1, 0.15) is 0 Å². The number of carbonyl (C=O) groups excluding carboxylic acids is 1. The van der Waals surface area contributed by atoms with Gasteiger partial charge in [-0.15, -0.1) is 0 Å². The zero-order valence-corrected chi connectivity index (χ0v) is 19.4. The van der Waals surface area contributed by atoms with E-state index in [1.165, 1.54) is 53.6 Å². The molecule has 2 aromatic carbocycles. The Morgan fingerprint density at radius 2 is 1.47 bits per heavy atom. The van der Waals surface area contributed by atoms with Crippen LogP contribution in [0.25, 0.3) is 0 Å². The van der Waals surface area contributed by atoms with E-state index in [0.717, 1.165) is 14.7 Å². The molecule has 1 aliphatic heterocycles. The average molecular weight is 485 g/mol. The number of para-hydroxylation sites is 1. The van der Waals surface area contributed by atoms with Crippen molar-refractivity contribution in [3.05, 3.63) is 60.4 Å². The van der Waals surface area contributed by atoms with Gasteiger partial charge in [0.1, 0.15) is 12.4 Å². The monoisotopic (exact) mass is 484 g/mol. The summed E-state index contributed by atoms with van der Waals surface area (Å²) < 4.78 is 68.3. The molecule has 32 heavy (non-hydrogen) atoms. The summed E-state index contributed by atoms with van der Waals surface area (Å²) in [5, 5.41) is 0. The maximum absolute atomic E-state index is 14.3. The van der Waals surface area contributed by atoms with Crippen LogP contribution in [-0.2, 0) is 25.0 Å². The van der Waals surface area contributed by atoms with Crippen LogP contribution in [0.3, 0.4) is 0 Å². The number of benzene rings is 2. The summed E-state index contributed by atoms with van der Waals surface area (Å²) in [7, 11) is -5.24. The summed E-state index contributed by atoms with van der Waals surface area (Å²) in [5.74, 6) is -1.32. The molecule has 1 amide bonds. The van der Waals surface area contributed by atoms with Gasteiger partial charge < -0.3 is 4.90 Å². The van der Waals surface area contributed by atoms with Crippen LogP contribution in [0.5, 0.6) is 0 Å². The lowest BCUT2D eigenvalue weighted by Gasteiger charge is -2.35. The van der Waals surface area contributed by atoms with Gasteiger partial charge in [-0.25, -0.2) is 17.1 Å². The van der Waals surface area contributed by atoms with E-state index in [-0.39, 0.29) is 36.8 Å². The van der Waals surface area contributed by atoms with Crippen LogP contribution in [-0.4, -0.2) is 83.1 Å². The lowest BCUT2D eigenvalue weighted by Crippen LogP contribution is -2.54. The van der Waals surface area contributed by atoms with Gasteiger partial charge in [-0.3, -0.25) is 4.79 Å². The Morgan fingerprint density at radius 1 is 0.906 bits per heavy atom. The molecule has 0 radical (unpaired) electrons. The third-order valence-electron chi connectivity index (χ3n) is 5.11. The van der Waals surface area contributed by atoms with E-state index in [0.29, 0.717) is 0 Å². The highest BCUT2D eigenvalue weighted by molar-refractivity contribution is 7.90. The molecular formula is C20H25FN4O5S2. The molecule has 1 fully saturated rings. The molecule has 0 aromatic heterocycles. The van der Waals surface area contributed by atoms with E-state index in [4.69, 9.17) is 0 Å². The van der Waals surface area contributed by atoms with Gasteiger partial charge in [0, 0.05) is 40.3 Å². The van der Waals surface area contributed by atoms with Gasteiger partial charge in [0.15, 0.2) is 0 Å². The smallest absolute Gasteiger partial charge is 0.304 e. The minimum Gasteiger partial charge on any atom is -0.338 e. The quantitative estimate of drug-likeness (QED) is 0.583. The van der Waals surface area contributed by atoms with Crippen LogP contribution in [0.2, 0.25) is 0 Å². The van der Waals surface area contributed by atoms with Crippen molar-refractivity contribution in [2.75, 3.05) is 51.1 Å². The number of hydrogen-bond donors (Lipinski definition) is 0. The molecule has 1 aliphatic rings. The normalized spacial score (nSPS) is 15.7. The van der Waals surface area contributed by atoms with Crippen LogP contribution in [0.15, 0.2) is 59.5 Å². The van der Waals surface area contributed by atoms with E-state index in [1.54, 1.807) is 18.2 Å². The number of nitrogens with zero attached hydrogens (tertiary/aromatic N) is 4. The molecule has 0 spiro atoms. The zero-order valence-electron chi connectivity index (χ0n) is 17.8. The van der Waals surface area contributed by atoms with Gasteiger partial charge in [-0.05, 0) is 24.3 Å². The van der Waals surface area contributed by atoms with Gasteiger partial charge in [0.2, 0.25) is 15.9 Å². The highest BCUT2D eigenvalue weighted by Crippen LogP contribution is 2.23. The molecular weight excluding hydrogens is 459 g/mol. The van der Waals surface area contributed by atoms with Crippen molar-refractivity contribution < 1.29 is 26.0 Å². The first-order chi connectivity index (χ1) is 15.0. The lowest BCUT2D eigenvalue weighted by atomic mass is 10.3. The molecule has 0 bridgehead atoms. The summed E-state index contributed by atoms with van der Waals surface area (Å²) in [6, 6.07) is 13.3. The zero-order chi connectivity index (χ0) is 23.5. The van der Waals surface area contributed by atoms with Crippen LogP contribution >= 0.6 is 0 Å². The topological polar surface area (TPSA) is 98.3 Å². The highest BCUT2D eigenvalue weighted by atomic mass is 32.2. The standard InChI is InChI=1S/C20H25FN4O5S2/c1-22(2)32(29,30)25(19-11-7-6-10-18(19)21)16-20(26)23-12-14-24(15-13-23)31(27,28)17-8-4-3-5-9-17/h3-11H,12-16H2,1-2H3. The number of amides is 1. The minimum absolute atomic E-state index is 0.0725. The van der Waals surface area contributed by atoms with Crippen molar-refractivity contribution in [3.63, 3.8) is 0 Å². The fourth-order valence-corrected chi connectivity index (χ4v) is 5.79. The molecule has 1 saturated heterocycles. The van der Waals surface area contributed by atoms with Crippen LogP contribution in [0, 0.1) is 5.82 Å². The van der Waals surface area contributed by atoms with Gasteiger partial charge >= 0.3 is 10.2 Å². The van der Waals surface area contributed by atoms with Crippen molar-refractivity contribution in [3.8, 4) is 0 Å². The number of rotatable bonds is 7. The SMILES string of the molecule is CN(C)S(=O)(=O)N(CC(=O)N1CCN(S(=O)(=O)c2ccccc2)CC1)c1ccccc1F. The number of hydrogen-bond acceptors (Lipinski definition) is 5. The Balaban J connectivity index is 1.74. The number of anilines is 1. The van der Waals surface area contributed by atoms with Crippen LogP contribution < -0.4 is 4.31 Å². The van der Waals surface area contributed by atoms with Crippen molar-refractivity contribution in [1.82, 2.24) is 13.5 Å². The second-order valence-electron chi connectivity index (χ2n) is 7.35. The number of halogens is 1. The fourth-order valence-electron chi connectivity index (χ4n) is 3.28. The van der Waals surface area contributed by atoms with Crippen LogP contribution in [0.4, 0.5) is 10.1 Å². The highest BCUT2D eigenvalue weighted by Gasteiger charge is 2.34. The summed E-state index contributed by atoms with van der Waals surface area (Å²) in [4.78, 5) is 14.5. The van der Waals surface area contributed by atoms with Crippen molar-refractivity contribution in [1.29, 1.82) is 0 Å². The molecule has 12 heteroatoms. The minimum atomic E-state index is -4.15. The Morgan fingerprint density at radius 3 is 2.03 bits per heavy atom. The molecule has 174 valence electrons. The predicted octanol–water partition coefficient (Wildman–Crippen LogP) is 0.972. The summed E-state index contributed by atoms with van der Waals surface area (Å²) in [6.07, 6.45) is 0. The predicted molar refractivity (Wildman–Crippen MR) is 118 cm³/mol. The van der Waals surface area contributed by atoms with Crippen molar-refractivity contribution >= 4 is 31.8 Å². The first-order valence-corrected chi connectivity index (χ1v) is 12.7. The van der Waals surface area contributed by atoms with E-state index < -0.39 is 38.5 Å². The first kappa shape index (κ1) is 24.1. The molecule has 0 atom stereocenters. The fraction of sp³-hybridized carbons (Fsp3) is 0.350. The largest absolute Gasteiger partial charge is 0.338 e. The Hall–Kier alpha value is -2.54. The van der Waals surface area contributed by atoms with Gasteiger partial charge in [0.05, 0.1) is 10.6 Å². The van der Waals surface area contributed by atoms with Crippen molar-refractivity contribution in [2.24, 2.45) is 0 Å². The third kappa shape index (κ3) is 4.93. The number of piperazine rings is 1. The Labute approximate surface area is 187 Å². The van der Waals surface area contributed by atoms with Gasteiger partial charge in [-0.1, -0.05) is 30.3 Å². The second-order valence-corrected chi connectivity index (χ2v) is 11.4. The Bertz CT molecular complexity index is 1170. The lowest BCUT2D eigenvalue weighted by molar-refractivity contribution is -0.130. The summed E-state index contributed by atoms with van der Waals surface area (Å²) in [5.41, 5.74) is -0.236. The Kier molecular flexibility index (Phi) is 7.18. The first-order valence-electron chi connectivity index (χ1n) is 9.83. The summed E-state index contributed by atoms with van der Waals surface area (Å²) in [6.45, 7) is -0.269. The van der Waals surface area contributed by atoms with Gasteiger partial charge in [-0.2, -0.15) is 17.0 Å². The summed E-state index contributed by atoms with van der Waals surface area (Å²) >= 11 is 0. The van der Waals surface area contributed by atoms with Crippen molar-refractivity contribution in [2.45, 2.75) is 4.90 Å². The second kappa shape index (κ2) is 9.53. The molecule has 0 unspecified atom stereocenters. The molecule has 1 heterocycles. The van der Waals surface area contributed by atoms with E-state index in [2.05, 4.69) is 0 Å². The molecule has 0 saturated carbocycles. The van der Waals surface area contributed by atoms with Gasteiger partial charge in [0.25, 0.3) is 0 Å². The molecule has 3 rings (SSSR count). The number of sulfonamides is 1. The molecule has 2 aromatic rings. The molecule has 0 N–H and O–H groups in total. The van der Waals surface area contributed by atoms with E-state index in [9.17, 15) is 26.0 Å². The molecule has 0 aliphatic carbocycles. The average Bonchev–Trinajstić information content (AvgIpc) is 2.78. The number of carbonyl (C=O) groups is 1. The molecule has 9 nitrogen and oxygen atoms in total. The maximum Gasteiger partial charge on any atom is 0.304 e. The van der Waals surface area contributed by atoms with E-state index >= 15 is 0 Å². The van der Waals surface area contributed by atoms with E-state index in [1.807, 2.05) is 0 Å². The third-order valence-corrected chi connectivity index (χ3v) is 8.83.